The normalized spacial score (nSPS) is 27.0. The highest BCUT2D eigenvalue weighted by atomic mass is 127. The van der Waals surface area contributed by atoms with E-state index in [1.165, 1.54) is 0 Å². The molecule has 0 radical (unpaired) electrons. The molecule has 0 atom stereocenters. The van der Waals surface area contributed by atoms with Gasteiger partial charge in [-0.25, -0.2) is 0 Å². The van der Waals surface area contributed by atoms with E-state index in [9.17, 15) is 13.2 Å². The largest absolute Gasteiger partial charge is 0.391 e. The van der Waals surface area contributed by atoms with Gasteiger partial charge in [0.25, 0.3) is 0 Å². The highest BCUT2D eigenvalue weighted by molar-refractivity contribution is 14.0. The lowest BCUT2D eigenvalue weighted by molar-refractivity contribution is -0.182. The second kappa shape index (κ2) is 10.3. The van der Waals surface area contributed by atoms with Gasteiger partial charge in [0.15, 0.2) is 5.96 Å². The van der Waals surface area contributed by atoms with Gasteiger partial charge in [-0.15, -0.1) is 24.0 Å². The molecule has 9 heteroatoms. The van der Waals surface area contributed by atoms with E-state index < -0.39 is 12.1 Å². The van der Waals surface area contributed by atoms with Gasteiger partial charge >= 0.3 is 6.18 Å². The summed E-state index contributed by atoms with van der Waals surface area (Å²) in [5.74, 6) is -0.483. The lowest BCUT2D eigenvalue weighted by Gasteiger charge is -2.43. The molecule has 1 saturated heterocycles. The highest BCUT2D eigenvalue weighted by Crippen LogP contribution is 2.37. The SMILES string of the molecule is CN=C(NCC1(N(C)C)CCOCC1)NC1CCC(C(F)(F)F)CC1.I. The fourth-order valence-electron chi connectivity index (χ4n) is 3.73. The van der Waals surface area contributed by atoms with E-state index in [1.54, 1.807) is 7.05 Å². The van der Waals surface area contributed by atoms with Crippen LogP contribution < -0.4 is 10.6 Å². The number of hydrogen-bond acceptors (Lipinski definition) is 3. The first-order chi connectivity index (χ1) is 11.8. The van der Waals surface area contributed by atoms with E-state index in [0.717, 1.165) is 32.6 Å². The molecule has 0 unspecified atom stereocenters. The molecule has 0 bridgehead atoms. The van der Waals surface area contributed by atoms with Crippen LogP contribution in [0.3, 0.4) is 0 Å². The summed E-state index contributed by atoms with van der Waals surface area (Å²) >= 11 is 0. The molecule has 2 N–H and O–H groups in total. The summed E-state index contributed by atoms with van der Waals surface area (Å²) in [6.07, 6.45) is -0.739. The van der Waals surface area contributed by atoms with Crippen LogP contribution in [0.4, 0.5) is 13.2 Å². The third-order valence-electron chi connectivity index (χ3n) is 5.71. The zero-order valence-electron chi connectivity index (χ0n) is 15.9. The Morgan fingerprint density at radius 3 is 2.19 bits per heavy atom. The quantitative estimate of drug-likeness (QED) is 0.360. The van der Waals surface area contributed by atoms with Crippen molar-refractivity contribution in [2.24, 2.45) is 10.9 Å². The van der Waals surface area contributed by atoms with Gasteiger partial charge in [0.2, 0.25) is 0 Å². The van der Waals surface area contributed by atoms with Crippen LogP contribution in [0.1, 0.15) is 38.5 Å². The van der Waals surface area contributed by atoms with Gasteiger partial charge < -0.3 is 20.3 Å². The molecule has 2 fully saturated rings. The number of ether oxygens (including phenoxy) is 1. The number of guanidine groups is 1. The van der Waals surface area contributed by atoms with Gasteiger partial charge in [0.1, 0.15) is 0 Å². The molecule has 0 aromatic carbocycles. The Balaban J connectivity index is 0.00000338. The third-order valence-corrected chi connectivity index (χ3v) is 5.71. The first-order valence-corrected chi connectivity index (χ1v) is 9.06. The Hall–Kier alpha value is -0.290. The minimum Gasteiger partial charge on any atom is -0.381 e. The number of alkyl halides is 3. The summed E-state index contributed by atoms with van der Waals surface area (Å²) in [6.45, 7) is 2.22. The van der Waals surface area contributed by atoms with Gasteiger partial charge in [0, 0.05) is 38.4 Å². The number of nitrogens with one attached hydrogen (secondary N) is 2. The molecule has 2 aliphatic rings. The molecule has 0 aromatic heterocycles. The van der Waals surface area contributed by atoms with Crippen LogP contribution in [0.15, 0.2) is 4.99 Å². The molecule has 1 heterocycles. The fraction of sp³-hybridized carbons (Fsp3) is 0.941. The van der Waals surface area contributed by atoms with Crippen LogP contribution in [0.25, 0.3) is 0 Å². The monoisotopic (exact) mass is 492 g/mol. The number of halogens is 4. The molecule has 154 valence electrons. The molecule has 0 spiro atoms. The lowest BCUT2D eigenvalue weighted by Crippen LogP contribution is -2.57. The Kier molecular flexibility index (Phi) is 9.42. The molecular weight excluding hydrogens is 460 g/mol. The van der Waals surface area contributed by atoms with E-state index >= 15 is 0 Å². The summed E-state index contributed by atoms with van der Waals surface area (Å²) in [5.41, 5.74) is 0.0177. The van der Waals surface area contributed by atoms with E-state index in [1.807, 2.05) is 0 Å². The fourth-order valence-corrected chi connectivity index (χ4v) is 3.73. The maximum Gasteiger partial charge on any atom is 0.391 e. The zero-order chi connectivity index (χ0) is 18.5. The smallest absolute Gasteiger partial charge is 0.381 e. The van der Waals surface area contributed by atoms with Crippen LogP contribution in [0.5, 0.6) is 0 Å². The Morgan fingerprint density at radius 2 is 1.73 bits per heavy atom. The van der Waals surface area contributed by atoms with Crippen molar-refractivity contribution in [3.05, 3.63) is 0 Å². The maximum atomic E-state index is 12.8. The van der Waals surface area contributed by atoms with Crippen LogP contribution in [0, 0.1) is 5.92 Å². The molecular formula is C17H32F3IN4O. The maximum absolute atomic E-state index is 12.8. The predicted octanol–water partition coefficient (Wildman–Crippen LogP) is 3.00. The van der Waals surface area contributed by atoms with Crippen molar-refractivity contribution >= 4 is 29.9 Å². The van der Waals surface area contributed by atoms with Crippen LogP contribution in [-0.4, -0.2) is 69.5 Å². The first kappa shape index (κ1) is 23.7. The summed E-state index contributed by atoms with van der Waals surface area (Å²) in [6, 6.07) is 0.0507. The number of hydrogen-bond donors (Lipinski definition) is 2. The highest BCUT2D eigenvalue weighted by Gasteiger charge is 2.41. The molecule has 2 rings (SSSR count). The molecule has 1 aliphatic carbocycles. The van der Waals surface area contributed by atoms with Gasteiger partial charge in [-0.05, 0) is 52.6 Å². The van der Waals surface area contributed by atoms with Crippen LogP contribution in [0.2, 0.25) is 0 Å². The minimum absolute atomic E-state index is 0. The third kappa shape index (κ3) is 6.40. The van der Waals surface area contributed by atoms with Crippen LogP contribution >= 0.6 is 24.0 Å². The molecule has 5 nitrogen and oxygen atoms in total. The van der Waals surface area contributed by atoms with Gasteiger partial charge in [-0.2, -0.15) is 13.2 Å². The predicted molar refractivity (Wildman–Crippen MR) is 108 cm³/mol. The summed E-state index contributed by atoms with van der Waals surface area (Å²) in [7, 11) is 5.84. The van der Waals surface area contributed by atoms with E-state index in [-0.39, 0.29) is 48.4 Å². The van der Waals surface area contributed by atoms with Crippen molar-refractivity contribution in [1.29, 1.82) is 0 Å². The average molecular weight is 492 g/mol. The van der Waals surface area contributed by atoms with Crippen molar-refractivity contribution < 1.29 is 17.9 Å². The molecule has 26 heavy (non-hydrogen) atoms. The van der Waals surface area contributed by atoms with Crippen molar-refractivity contribution in [2.75, 3.05) is 40.9 Å². The number of aliphatic imine (C=N–C) groups is 1. The standard InChI is InChI=1S/C17H31F3N4O.HI/c1-21-15(22-12-16(24(2)3)8-10-25-11-9-16)23-14-6-4-13(5-7-14)17(18,19)20;/h13-14H,4-12H2,1-3H3,(H2,21,22,23);1H. The molecule has 0 aromatic rings. The average Bonchev–Trinajstić information content (AvgIpc) is 2.59. The van der Waals surface area contributed by atoms with Crippen molar-refractivity contribution in [3.63, 3.8) is 0 Å². The second-order valence-corrected chi connectivity index (χ2v) is 7.39. The summed E-state index contributed by atoms with van der Waals surface area (Å²) in [4.78, 5) is 6.47. The number of likely N-dealkylation sites (N-methyl/N-ethyl adjacent to an activating group) is 1. The minimum atomic E-state index is -4.06. The zero-order valence-corrected chi connectivity index (χ0v) is 18.2. The Labute approximate surface area is 171 Å². The number of rotatable bonds is 4. The molecule has 1 aliphatic heterocycles. The van der Waals surface area contributed by atoms with E-state index in [2.05, 4.69) is 34.6 Å². The second-order valence-electron chi connectivity index (χ2n) is 7.39. The van der Waals surface area contributed by atoms with Gasteiger partial charge in [-0.1, -0.05) is 0 Å². The van der Waals surface area contributed by atoms with Gasteiger partial charge in [-0.3, -0.25) is 4.99 Å². The Bertz CT molecular complexity index is 446. The molecule has 1 saturated carbocycles. The molecule has 0 amide bonds. The summed E-state index contributed by atoms with van der Waals surface area (Å²) < 4.78 is 43.8. The van der Waals surface area contributed by atoms with Crippen molar-refractivity contribution in [1.82, 2.24) is 15.5 Å². The number of nitrogens with zero attached hydrogens (tertiary/aromatic N) is 2. The first-order valence-electron chi connectivity index (χ1n) is 9.06. The topological polar surface area (TPSA) is 48.9 Å². The van der Waals surface area contributed by atoms with Crippen molar-refractivity contribution in [3.8, 4) is 0 Å². The summed E-state index contributed by atoms with van der Waals surface area (Å²) in [5, 5.41) is 6.66. The van der Waals surface area contributed by atoms with E-state index in [0.29, 0.717) is 18.8 Å². The van der Waals surface area contributed by atoms with Crippen LogP contribution in [-0.2, 0) is 4.74 Å². The van der Waals surface area contributed by atoms with Crippen molar-refractivity contribution in [2.45, 2.75) is 56.3 Å². The Morgan fingerprint density at radius 1 is 1.15 bits per heavy atom. The van der Waals surface area contributed by atoms with E-state index in [4.69, 9.17) is 4.74 Å². The lowest BCUT2D eigenvalue weighted by atomic mass is 9.85. The van der Waals surface area contributed by atoms with Gasteiger partial charge in [0.05, 0.1) is 5.92 Å².